The van der Waals surface area contributed by atoms with Crippen LogP contribution >= 0.6 is 11.6 Å². The highest BCUT2D eigenvalue weighted by molar-refractivity contribution is 6.30. The van der Waals surface area contributed by atoms with Crippen molar-refractivity contribution in [3.8, 4) is 11.5 Å². The number of hydrogen-bond donors (Lipinski definition) is 1. The van der Waals surface area contributed by atoms with Crippen LogP contribution in [0, 0.1) is 6.92 Å². The summed E-state index contributed by atoms with van der Waals surface area (Å²) in [6.07, 6.45) is -1.81. The number of aliphatic hydroxyl groups is 1. The van der Waals surface area contributed by atoms with E-state index in [1.807, 2.05) is 20.8 Å². The Labute approximate surface area is 247 Å². The second kappa shape index (κ2) is 11.3. The van der Waals surface area contributed by atoms with Crippen molar-refractivity contribution in [3.63, 3.8) is 0 Å². The number of imidazole rings is 1. The molecule has 1 N–H and O–H groups in total. The van der Waals surface area contributed by atoms with Crippen molar-refractivity contribution in [2.24, 2.45) is 7.05 Å². The number of alkyl halides is 3. The number of ether oxygens (including phenoxy) is 1. The third-order valence-corrected chi connectivity index (χ3v) is 7.63. The molecule has 0 aliphatic carbocycles. The van der Waals surface area contributed by atoms with Gasteiger partial charge >= 0.3 is 6.18 Å². The summed E-state index contributed by atoms with van der Waals surface area (Å²) < 4.78 is 53.0. The fraction of sp³-hybridized carbons (Fsp3) is 0.250. The summed E-state index contributed by atoms with van der Waals surface area (Å²) in [6, 6.07) is 17.7. The molecule has 2 aromatic heterocycles. The van der Waals surface area contributed by atoms with E-state index in [0.717, 1.165) is 5.56 Å². The molecule has 0 saturated carbocycles. The number of nitrogens with zero attached hydrogens (tertiary/aromatic N) is 4. The summed E-state index contributed by atoms with van der Waals surface area (Å²) >= 11 is 6.12. The van der Waals surface area contributed by atoms with Gasteiger partial charge < -0.3 is 19.3 Å². The van der Waals surface area contributed by atoms with Gasteiger partial charge in [-0.25, -0.2) is 9.97 Å². The molecule has 0 saturated heterocycles. The van der Waals surface area contributed by atoms with Crippen LogP contribution in [0.3, 0.4) is 0 Å². The molecule has 6 nitrogen and oxygen atoms in total. The van der Waals surface area contributed by atoms with Crippen LogP contribution in [0.4, 0.5) is 19.0 Å². The number of anilines is 1. The van der Waals surface area contributed by atoms with Gasteiger partial charge in [-0.3, -0.25) is 0 Å². The SMILES string of the molecule is CCN(CC)c1nc2ccc(C(O)(c3ccc(Cl)cc3)c3cncn3C)cc2c(C(F)(F)F)c1Oc1ccc(C)cc1. The highest BCUT2D eigenvalue weighted by Gasteiger charge is 2.42. The standard InChI is InChI=1S/C32H30ClF3N4O2/c1-5-40(6-2)30-29(42-24-14-7-20(3)8-15-24)28(32(34,35)36)25-17-22(11-16-26(25)38-30)31(41,27-18-37-19-39(27)4)21-9-12-23(33)13-10-21/h7-19,41H,5-6H2,1-4H3. The molecule has 0 fully saturated rings. The van der Waals surface area contributed by atoms with Crippen LogP contribution in [0.1, 0.15) is 41.8 Å². The Morgan fingerprint density at radius 3 is 2.17 bits per heavy atom. The van der Waals surface area contributed by atoms with Gasteiger partial charge in [0.15, 0.2) is 17.2 Å². The summed E-state index contributed by atoms with van der Waals surface area (Å²) in [6.45, 7) is 6.43. The van der Waals surface area contributed by atoms with Crippen molar-refractivity contribution in [2.75, 3.05) is 18.0 Å². The maximum atomic E-state index is 15.1. The number of aromatic nitrogens is 3. The first-order valence-corrected chi connectivity index (χ1v) is 13.8. The van der Waals surface area contributed by atoms with E-state index in [1.54, 1.807) is 71.1 Å². The lowest BCUT2D eigenvalue weighted by atomic mass is 9.82. The van der Waals surface area contributed by atoms with Gasteiger partial charge in [-0.15, -0.1) is 0 Å². The number of aryl methyl sites for hydroxylation is 2. The molecule has 0 spiro atoms. The Morgan fingerprint density at radius 2 is 1.60 bits per heavy atom. The summed E-state index contributed by atoms with van der Waals surface area (Å²) in [5, 5.41) is 12.6. The van der Waals surface area contributed by atoms with Crippen molar-refractivity contribution < 1.29 is 23.0 Å². The van der Waals surface area contributed by atoms with Crippen molar-refractivity contribution in [3.05, 3.63) is 112 Å². The molecule has 3 aromatic carbocycles. The molecule has 0 aliphatic heterocycles. The monoisotopic (exact) mass is 594 g/mol. The predicted octanol–water partition coefficient (Wildman–Crippen LogP) is 7.87. The van der Waals surface area contributed by atoms with Crippen LogP contribution in [-0.4, -0.2) is 32.7 Å². The normalized spacial score (nSPS) is 13.3. The molecule has 0 aliphatic rings. The van der Waals surface area contributed by atoms with Gasteiger partial charge in [0.05, 0.1) is 23.7 Å². The van der Waals surface area contributed by atoms with E-state index in [4.69, 9.17) is 16.3 Å². The van der Waals surface area contributed by atoms with Gasteiger partial charge in [0.1, 0.15) is 11.3 Å². The minimum atomic E-state index is -4.81. The molecule has 0 bridgehead atoms. The van der Waals surface area contributed by atoms with E-state index in [1.165, 1.54) is 24.7 Å². The Kier molecular flexibility index (Phi) is 7.92. The Morgan fingerprint density at radius 1 is 0.952 bits per heavy atom. The van der Waals surface area contributed by atoms with Gasteiger partial charge in [-0.1, -0.05) is 47.5 Å². The van der Waals surface area contributed by atoms with Crippen molar-refractivity contribution in [1.29, 1.82) is 0 Å². The van der Waals surface area contributed by atoms with Crippen LogP contribution in [0.25, 0.3) is 10.9 Å². The lowest BCUT2D eigenvalue weighted by Crippen LogP contribution is -2.31. The Bertz CT molecular complexity index is 1720. The molecule has 1 atom stereocenters. The average molecular weight is 595 g/mol. The van der Waals surface area contributed by atoms with Crippen LogP contribution in [0.2, 0.25) is 5.02 Å². The van der Waals surface area contributed by atoms with Gasteiger partial charge in [-0.2, -0.15) is 13.2 Å². The van der Waals surface area contributed by atoms with Gasteiger partial charge in [0.25, 0.3) is 0 Å². The number of halogens is 4. The van der Waals surface area contributed by atoms with Crippen LogP contribution in [0.15, 0.2) is 79.3 Å². The summed E-state index contributed by atoms with van der Waals surface area (Å²) in [5.41, 5.74) is -0.796. The molecule has 1 unspecified atom stereocenters. The predicted molar refractivity (Wildman–Crippen MR) is 158 cm³/mol. The minimum Gasteiger partial charge on any atom is -0.453 e. The Hall–Kier alpha value is -4.08. The van der Waals surface area contributed by atoms with E-state index >= 15 is 13.2 Å². The number of benzene rings is 3. The molecule has 0 radical (unpaired) electrons. The van der Waals surface area contributed by atoms with Crippen LogP contribution < -0.4 is 9.64 Å². The van der Waals surface area contributed by atoms with Crippen molar-refractivity contribution >= 4 is 28.3 Å². The second-order valence-electron chi connectivity index (χ2n) is 10.1. The average Bonchev–Trinajstić information content (AvgIpc) is 3.40. The molecule has 10 heteroatoms. The van der Waals surface area contributed by atoms with Crippen molar-refractivity contribution in [2.45, 2.75) is 32.5 Å². The number of rotatable bonds is 8. The summed E-state index contributed by atoms with van der Waals surface area (Å²) in [7, 11) is 1.71. The fourth-order valence-electron chi connectivity index (χ4n) is 5.16. The lowest BCUT2D eigenvalue weighted by Gasteiger charge is -2.31. The zero-order valence-corrected chi connectivity index (χ0v) is 24.3. The van der Waals surface area contributed by atoms with Gasteiger partial charge in [0.2, 0.25) is 0 Å². The number of hydrogen-bond acceptors (Lipinski definition) is 5. The maximum Gasteiger partial charge on any atom is 0.420 e. The van der Waals surface area contributed by atoms with Gasteiger partial charge in [-0.05, 0) is 68.3 Å². The topological polar surface area (TPSA) is 63.4 Å². The molecule has 218 valence electrons. The molecule has 5 rings (SSSR count). The maximum absolute atomic E-state index is 15.1. The zero-order chi connectivity index (χ0) is 30.2. The largest absolute Gasteiger partial charge is 0.453 e. The van der Waals surface area contributed by atoms with Crippen LogP contribution in [0.5, 0.6) is 11.5 Å². The molecule has 2 heterocycles. The van der Waals surface area contributed by atoms with Crippen molar-refractivity contribution in [1.82, 2.24) is 14.5 Å². The highest BCUT2D eigenvalue weighted by Crippen LogP contribution is 2.48. The molecular weight excluding hydrogens is 565 g/mol. The minimum absolute atomic E-state index is 0.0905. The van der Waals surface area contributed by atoms with E-state index in [0.29, 0.717) is 29.4 Å². The first kappa shape index (κ1) is 29.4. The van der Waals surface area contributed by atoms with E-state index in [-0.39, 0.29) is 28.0 Å². The van der Waals surface area contributed by atoms with E-state index < -0.39 is 23.1 Å². The highest BCUT2D eigenvalue weighted by atomic mass is 35.5. The van der Waals surface area contributed by atoms with Crippen LogP contribution in [-0.2, 0) is 18.8 Å². The number of fused-ring (bicyclic) bond motifs is 1. The van der Waals surface area contributed by atoms with E-state index in [9.17, 15) is 5.11 Å². The third kappa shape index (κ3) is 5.30. The smallest absolute Gasteiger partial charge is 0.420 e. The molecule has 0 amide bonds. The first-order valence-electron chi connectivity index (χ1n) is 13.5. The summed E-state index contributed by atoms with van der Waals surface area (Å²) in [5.74, 6) is -0.0487. The van der Waals surface area contributed by atoms with E-state index in [2.05, 4.69) is 9.97 Å². The summed E-state index contributed by atoms with van der Waals surface area (Å²) in [4.78, 5) is 10.6. The molecule has 5 aromatic rings. The quantitative estimate of drug-likeness (QED) is 0.198. The third-order valence-electron chi connectivity index (χ3n) is 7.38. The van der Waals surface area contributed by atoms with Gasteiger partial charge in [0, 0.05) is 30.5 Å². The molecular formula is C32H30ClF3N4O2. The second-order valence-corrected chi connectivity index (χ2v) is 10.5. The first-order chi connectivity index (χ1) is 20.0. The fourth-order valence-corrected chi connectivity index (χ4v) is 5.28. The lowest BCUT2D eigenvalue weighted by molar-refractivity contribution is -0.137. The zero-order valence-electron chi connectivity index (χ0n) is 23.6. The number of pyridine rings is 1. The molecule has 42 heavy (non-hydrogen) atoms. The Balaban J connectivity index is 1.84.